The fourth-order valence-corrected chi connectivity index (χ4v) is 3.76. The molecule has 0 radical (unpaired) electrons. The van der Waals surface area contributed by atoms with Crippen molar-refractivity contribution in [3.05, 3.63) is 76.3 Å². The molecule has 0 atom stereocenters. The van der Waals surface area contributed by atoms with E-state index in [4.69, 9.17) is 11.6 Å². The number of nitrogens with zero attached hydrogens (tertiary/aromatic N) is 1. The fraction of sp³-hybridized carbons (Fsp3) is 0.105. The summed E-state index contributed by atoms with van der Waals surface area (Å²) in [6.07, 6.45) is 1.63. The van der Waals surface area contributed by atoms with Gasteiger partial charge < -0.3 is 5.32 Å². The second-order valence-electron chi connectivity index (χ2n) is 5.54. The van der Waals surface area contributed by atoms with Crippen molar-refractivity contribution in [3.8, 4) is 0 Å². The Kier molecular flexibility index (Phi) is 6.86. The van der Waals surface area contributed by atoms with Crippen LogP contribution < -0.4 is 10.6 Å². The normalized spacial score (nSPS) is 10.4. The highest BCUT2D eigenvalue weighted by molar-refractivity contribution is 7.99. The summed E-state index contributed by atoms with van der Waals surface area (Å²) >= 11 is 8.81. The number of hydrogen-bond acceptors (Lipinski definition) is 5. The van der Waals surface area contributed by atoms with Crippen molar-refractivity contribution in [3.63, 3.8) is 0 Å². The molecule has 0 aliphatic rings. The smallest absolute Gasteiger partial charge is 0.257 e. The van der Waals surface area contributed by atoms with Gasteiger partial charge in [-0.3, -0.25) is 14.9 Å². The van der Waals surface area contributed by atoms with E-state index in [9.17, 15) is 9.59 Å². The SMILES string of the molecule is O=C(CSCc1cccc(Cl)c1)Nc1ccc(C(=O)Nc2nccs2)cc1. The minimum Gasteiger partial charge on any atom is -0.325 e. The van der Waals surface area contributed by atoms with E-state index in [1.54, 1.807) is 35.8 Å². The lowest BCUT2D eigenvalue weighted by Gasteiger charge is -2.07. The Hall–Kier alpha value is -2.35. The Morgan fingerprint density at radius 1 is 1.11 bits per heavy atom. The first-order chi connectivity index (χ1) is 13.1. The zero-order valence-electron chi connectivity index (χ0n) is 14.1. The monoisotopic (exact) mass is 417 g/mol. The molecule has 0 aliphatic heterocycles. The summed E-state index contributed by atoms with van der Waals surface area (Å²) in [5, 5.41) is 8.57. The minimum absolute atomic E-state index is 0.0954. The molecule has 1 heterocycles. The molecule has 138 valence electrons. The highest BCUT2D eigenvalue weighted by Gasteiger charge is 2.08. The zero-order valence-corrected chi connectivity index (χ0v) is 16.5. The second kappa shape index (κ2) is 9.55. The number of nitrogens with one attached hydrogen (secondary N) is 2. The van der Waals surface area contributed by atoms with Crippen molar-refractivity contribution < 1.29 is 9.59 Å². The summed E-state index contributed by atoms with van der Waals surface area (Å²) in [6, 6.07) is 14.3. The van der Waals surface area contributed by atoms with Gasteiger partial charge in [0.1, 0.15) is 0 Å². The van der Waals surface area contributed by atoms with Crippen molar-refractivity contribution in [2.45, 2.75) is 5.75 Å². The van der Waals surface area contributed by atoms with Gasteiger partial charge in [0.25, 0.3) is 5.91 Å². The highest BCUT2D eigenvalue weighted by Crippen LogP contribution is 2.18. The van der Waals surface area contributed by atoms with E-state index in [-0.39, 0.29) is 11.8 Å². The van der Waals surface area contributed by atoms with Crippen LogP contribution in [0.4, 0.5) is 10.8 Å². The average Bonchev–Trinajstić information content (AvgIpc) is 3.15. The summed E-state index contributed by atoms with van der Waals surface area (Å²) in [5.74, 6) is 0.713. The Balaban J connectivity index is 1.46. The first-order valence-corrected chi connectivity index (χ1v) is 10.4. The van der Waals surface area contributed by atoms with Gasteiger partial charge in [0.15, 0.2) is 5.13 Å². The van der Waals surface area contributed by atoms with Crippen molar-refractivity contribution in [2.75, 3.05) is 16.4 Å². The molecular formula is C19H16ClN3O2S2. The molecule has 3 rings (SSSR count). The molecule has 2 N–H and O–H groups in total. The van der Waals surface area contributed by atoms with Crippen LogP contribution in [0.1, 0.15) is 15.9 Å². The largest absolute Gasteiger partial charge is 0.325 e. The Bertz CT molecular complexity index is 915. The van der Waals surface area contributed by atoms with Crippen LogP contribution in [-0.2, 0) is 10.5 Å². The first kappa shape index (κ1) is 19.4. The average molecular weight is 418 g/mol. The van der Waals surface area contributed by atoms with Crippen molar-refractivity contribution in [1.82, 2.24) is 4.98 Å². The lowest BCUT2D eigenvalue weighted by molar-refractivity contribution is -0.113. The van der Waals surface area contributed by atoms with Crippen molar-refractivity contribution in [2.24, 2.45) is 0 Å². The van der Waals surface area contributed by atoms with E-state index in [2.05, 4.69) is 15.6 Å². The van der Waals surface area contributed by atoms with Gasteiger partial charge >= 0.3 is 0 Å². The second-order valence-corrected chi connectivity index (χ2v) is 7.86. The van der Waals surface area contributed by atoms with E-state index in [0.29, 0.717) is 32.9 Å². The van der Waals surface area contributed by atoms with Crippen LogP contribution in [0.25, 0.3) is 0 Å². The number of thiazole rings is 1. The summed E-state index contributed by atoms with van der Waals surface area (Å²) < 4.78 is 0. The van der Waals surface area contributed by atoms with Gasteiger partial charge in [-0.05, 0) is 42.0 Å². The molecule has 5 nitrogen and oxygen atoms in total. The number of aromatic nitrogens is 1. The fourth-order valence-electron chi connectivity index (χ4n) is 2.24. The van der Waals surface area contributed by atoms with Crippen LogP contribution in [0.2, 0.25) is 5.02 Å². The quantitative estimate of drug-likeness (QED) is 0.572. The molecular weight excluding hydrogens is 402 g/mol. The Labute approximate surface area is 170 Å². The van der Waals surface area contributed by atoms with Crippen LogP contribution in [0.5, 0.6) is 0 Å². The maximum absolute atomic E-state index is 12.1. The van der Waals surface area contributed by atoms with Gasteiger partial charge in [-0.15, -0.1) is 23.1 Å². The lowest BCUT2D eigenvalue weighted by Crippen LogP contribution is -2.15. The van der Waals surface area contributed by atoms with Crippen molar-refractivity contribution >= 4 is 57.3 Å². The van der Waals surface area contributed by atoms with Crippen LogP contribution in [0, 0.1) is 0 Å². The van der Waals surface area contributed by atoms with Crippen LogP contribution >= 0.6 is 34.7 Å². The number of hydrogen-bond donors (Lipinski definition) is 2. The van der Waals surface area contributed by atoms with Gasteiger partial charge in [-0.1, -0.05) is 23.7 Å². The number of carbonyl (C=O) groups excluding carboxylic acids is 2. The van der Waals surface area contributed by atoms with Crippen LogP contribution in [0.15, 0.2) is 60.1 Å². The zero-order chi connectivity index (χ0) is 19.1. The van der Waals surface area contributed by atoms with Gasteiger partial charge in [-0.25, -0.2) is 4.98 Å². The summed E-state index contributed by atoms with van der Waals surface area (Å²) in [4.78, 5) is 28.2. The third-order valence-corrected chi connectivity index (χ3v) is 5.40. The maximum atomic E-state index is 12.1. The summed E-state index contributed by atoms with van der Waals surface area (Å²) in [5.41, 5.74) is 2.23. The van der Waals surface area contributed by atoms with Crippen LogP contribution in [-0.4, -0.2) is 22.6 Å². The van der Waals surface area contributed by atoms with E-state index < -0.39 is 0 Å². The predicted octanol–water partition coefficient (Wildman–Crippen LogP) is 4.92. The Morgan fingerprint density at radius 2 is 1.93 bits per heavy atom. The van der Waals surface area contributed by atoms with E-state index in [0.717, 1.165) is 5.56 Å². The molecule has 2 amide bonds. The molecule has 0 spiro atoms. The number of carbonyl (C=O) groups is 2. The molecule has 8 heteroatoms. The topological polar surface area (TPSA) is 71.1 Å². The lowest BCUT2D eigenvalue weighted by atomic mass is 10.2. The van der Waals surface area contributed by atoms with E-state index in [1.807, 2.05) is 24.3 Å². The number of rotatable bonds is 7. The molecule has 0 bridgehead atoms. The van der Waals surface area contributed by atoms with Crippen LogP contribution in [0.3, 0.4) is 0 Å². The molecule has 0 saturated carbocycles. The number of amides is 2. The molecule has 0 aliphatic carbocycles. The maximum Gasteiger partial charge on any atom is 0.257 e. The standard InChI is InChI=1S/C19H16ClN3O2S2/c20-15-3-1-2-13(10-15)11-26-12-17(24)22-16-6-4-14(5-7-16)18(25)23-19-21-8-9-27-19/h1-10H,11-12H2,(H,22,24)(H,21,23,25). The number of thioether (sulfide) groups is 1. The first-order valence-electron chi connectivity index (χ1n) is 8.03. The molecule has 2 aromatic carbocycles. The molecule has 0 saturated heterocycles. The molecule has 0 unspecified atom stereocenters. The summed E-state index contributed by atoms with van der Waals surface area (Å²) in [6.45, 7) is 0. The number of anilines is 2. The Morgan fingerprint density at radius 3 is 2.63 bits per heavy atom. The van der Waals surface area contributed by atoms with Gasteiger partial charge in [0.2, 0.25) is 5.91 Å². The third-order valence-electron chi connectivity index (χ3n) is 3.47. The summed E-state index contributed by atoms with van der Waals surface area (Å²) in [7, 11) is 0. The highest BCUT2D eigenvalue weighted by atomic mass is 35.5. The van der Waals surface area contributed by atoms with Crippen molar-refractivity contribution in [1.29, 1.82) is 0 Å². The van der Waals surface area contributed by atoms with Gasteiger partial charge in [-0.2, -0.15) is 0 Å². The van der Waals surface area contributed by atoms with E-state index >= 15 is 0 Å². The van der Waals surface area contributed by atoms with Gasteiger partial charge in [0.05, 0.1) is 5.75 Å². The van der Waals surface area contributed by atoms with Gasteiger partial charge in [0, 0.05) is 33.6 Å². The molecule has 0 fully saturated rings. The molecule has 27 heavy (non-hydrogen) atoms. The minimum atomic E-state index is -0.236. The third kappa shape index (κ3) is 6.09. The number of halogens is 1. The molecule has 3 aromatic rings. The molecule has 1 aromatic heterocycles. The van der Waals surface area contributed by atoms with E-state index in [1.165, 1.54) is 23.1 Å². The number of benzene rings is 2. The predicted molar refractivity (Wildman–Crippen MR) is 113 cm³/mol.